The van der Waals surface area contributed by atoms with Crippen LogP contribution in [0.1, 0.15) is 12.8 Å². The van der Waals surface area contributed by atoms with Gasteiger partial charge in [0.1, 0.15) is 5.82 Å². The Labute approximate surface area is 118 Å². The second-order valence-electron chi connectivity index (χ2n) is 4.78. The topological polar surface area (TPSA) is 28.2 Å². The van der Waals surface area contributed by atoms with Crippen LogP contribution in [-0.4, -0.2) is 30.7 Å². The van der Waals surface area contributed by atoms with Crippen LogP contribution in [0.3, 0.4) is 0 Å². The van der Waals surface area contributed by atoms with Crippen LogP contribution in [-0.2, 0) is 0 Å². The molecule has 3 heterocycles. The molecule has 0 aromatic carbocycles. The van der Waals surface area contributed by atoms with Gasteiger partial charge in [0.2, 0.25) is 0 Å². The van der Waals surface area contributed by atoms with Crippen LogP contribution >= 0.6 is 31.9 Å². The van der Waals surface area contributed by atoms with Crippen LogP contribution in [0.15, 0.2) is 21.2 Å². The zero-order valence-corrected chi connectivity index (χ0v) is 12.7. The number of anilines is 1. The molecule has 1 N–H and O–H groups in total. The molecule has 92 valence electrons. The number of fused-ring (bicyclic) bond motifs is 1. The van der Waals surface area contributed by atoms with Crippen LogP contribution in [0.25, 0.3) is 0 Å². The fourth-order valence-electron chi connectivity index (χ4n) is 2.95. The second-order valence-corrected chi connectivity index (χ2v) is 6.55. The molecular weight excluding hydrogens is 346 g/mol. The van der Waals surface area contributed by atoms with Gasteiger partial charge in [-0.2, -0.15) is 0 Å². The maximum Gasteiger partial charge on any atom is 0.143 e. The molecule has 0 radical (unpaired) electrons. The van der Waals surface area contributed by atoms with Crippen molar-refractivity contribution in [2.75, 3.05) is 24.5 Å². The molecule has 0 amide bonds. The van der Waals surface area contributed by atoms with E-state index in [-0.39, 0.29) is 0 Å². The Balaban J connectivity index is 1.91. The molecule has 1 aromatic rings. The molecule has 0 bridgehead atoms. The zero-order valence-electron chi connectivity index (χ0n) is 9.50. The van der Waals surface area contributed by atoms with Crippen molar-refractivity contribution in [1.29, 1.82) is 0 Å². The average molecular weight is 361 g/mol. The Kier molecular flexibility index (Phi) is 3.41. The van der Waals surface area contributed by atoms with E-state index in [1.807, 2.05) is 6.20 Å². The molecule has 2 fully saturated rings. The summed E-state index contributed by atoms with van der Waals surface area (Å²) >= 11 is 7.08. The predicted molar refractivity (Wildman–Crippen MR) is 76.4 cm³/mol. The highest BCUT2D eigenvalue weighted by Gasteiger charge is 2.36. The third kappa shape index (κ3) is 2.25. The number of hydrogen-bond acceptors (Lipinski definition) is 3. The van der Waals surface area contributed by atoms with E-state index in [4.69, 9.17) is 0 Å². The quantitative estimate of drug-likeness (QED) is 0.834. The van der Waals surface area contributed by atoms with Crippen LogP contribution in [0, 0.1) is 5.92 Å². The summed E-state index contributed by atoms with van der Waals surface area (Å²) in [6, 6.07) is 2.70. The zero-order chi connectivity index (χ0) is 11.8. The fraction of sp³-hybridized carbons (Fsp3) is 0.583. The highest BCUT2D eigenvalue weighted by molar-refractivity contribution is 9.11. The summed E-state index contributed by atoms with van der Waals surface area (Å²) in [5.74, 6) is 1.88. The van der Waals surface area contributed by atoms with E-state index in [2.05, 4.69) is 53.1 Å². The lowest BCUT2D eigenvalue weighted by Gasteiger charge is -2.38. The van der Waals surface area contributed by atoms with E-state index < -0.39 is 0 Å². The number of pyridine rings is 1. The highest BCUT2D eigenvalue weighted by atomic mass is 79.9. The maximum absolute atomic E-state index is 4.57. The van der Waals surface area contributed by atoms with Gasteiger partial charge < -0.3 is 10.2 Å². The molecule has 2 saturated heterocycles. The lowest BCUT2D eigenvalue weighted by molar-refractivity contribution is 0.383. The molecule has 2 atom stereocenters. The third-order valence-corrected chi connectivity index (χ3v) is 4.76. The predicted octanol–water partition coefficient (Wildman–Crippen LogP) is 2.79. The van der Waals surface area contributed by atoms with Gasteiger partial charge >= 0.3 is 0 Å². The normalized spacial score (nSPS) is 28.2. The largest absolute Gasteiger partial charge is 0.351 e. The smallest absolute Gasteiger partial charge is 0.143 e. The molecule has 2 aliphatic rings. The van der Waals surface area contributed by atoms with Gasteiger partial charge in [-0.05, 0) is 56.7 Å². The number of piperidine rings is 1. The van der Waals surface area contributed by atoms with Crippen molar-refractivity contribution in [3.63, 3.8) is 0 Å². The van der Waals surface area contributed by atoms with Crippen LogP contribution in [0.4, 0.5) is 5.82 Å². The number of rotatable bonds is 1. The van der Waals surface area contributed by atoms with E-state index >= 15 is 0 Å². The maximum atomic E-state index is 4.57. The van der Waals surface area contributed by atoms with Gasteiger partial charge in [0.05, 0.1) is 4.47 Å². The summed E-state index contributed by atoms with van der Waals surface area (Å²) in [6.07, 6.45) is 4.50. The average Bonchev–Trinajstić information content (AvgIpc) is 2.77. The number of nitrogens with zero attached hydrogens (tertiary/aromatic N) is 2. The summed E-state index contributed by atoms with van der Waals surface area (Å²) in [7, 11) is 0. The van der Waals surface area contributed by atoms with Crippen molar-refractivity contribution in [3.05, 3.63) is 21.2 Å². The molecule has 0 spiro atoms. The summed E-state index contributed by atoms with van der Waals surface area (Å²) in [4.78, 5) is 7.03. The first kappa shape index (κ1) is 11.9. The van der Waals surface area contributed by atoms with E-state index in [9.17, 15) is 0 Å². The first-order valence-electron chi connectivity index (χ1n) is 6.04. The third-order valence-electron chi connectivity index (χ3n) is 3.74. The Morgan fingerprint density at radius 1 is 1.35 bits per heavy atom. The van der Waals surface area contributed by atoms with Crippen molar-refractivity contribution in [3.8, 4) is 0 Å². The number of nitrogens with one attached hydrogen (secondary N) is 1. The van der Waals surface area contributed by atoms with Crippen LogP contribution in [0.2, 0.25) is 0 Å². The van der Waals surface area contributed by atoms with Crippen LogP contribution in [0.5, 0.6) is 0 Å². The molecule has 0 saturated carbocycles. The van der Waals surface area contributed by atoms with E-state index in [1.165, 1.54) is 12.8 Å². The lowest BCUT2D eigenvalue weighted by Crippen LogP contribution is -2.45. The van der Waals surface area contributed by atoms with E-state index in [1.54, 1.807) is 0 Å². The summed E-state index contributed by atoms with van der Waals surface area (Å²) in [5.41, 5.74) is 0. The Bertz CT molecular complexity index is 424. The second kappa shape index (κ2) is 4.86. The molecule has 0 aliphatic carbocycles. The van der Waals surface area contributed by atoms with Crippen molar-refractivity contribution >= 4 is 37.7 Å². The minimum absolute atomic E-state index is 0.619. The SMILES string of the molecule is Brc1cnc(N2CCCC3CNCC32)c(Br)c1. The lowest BCUT2D eigenvalue weighted by atomic mass is 9.92. The highest BCUT2D eigenvalue weighted by Crippen LogP contribution is 2.34. The van der Waals surface area contributed by atoms with Crippen LogP contribution < -0.4 is 10.2 Å². The number of hydrogen-bond donors (Lipinski definition) is 1. The molecule has 3 rings (SSSR count). The molecule has 2 aliphatic heterocycles. The summed E-state index contributed by atoms with van der Waals surface area (Å²) < 4.78 is 2.10. The van der Waals surface area contributed by atoms with Gasteiger partial charge in [-0.3, -0.25) is 0 Å². The molecular formula is C12H15Br2N3. The Hall–Kier alpha value is -0.130. The minimum atomic E-state index is 0.619. The van der Waals surface area contributed by atoms with Gasteiger partial charge in [0, 0.05) is 36.3 Å². The van der Waals surface area contributed by atoms with Gasteiger partial charge in [-0.15, -0.1) is 0 Å². The molecule has 3 nitrogen and oxygen atoms in total. The molecule has 17 heavy (non-hydrogen) atoms. The van der Waals surface area contributed by atoms with Gasteiger partial charge in [0.15, 0.2) is 0 Å². The number of halogens is 2. The molecule has 5 heteroatoms. The monoisotopic (exact) mass is 359 g/mol. The van der Waals surface area contributed by atoms with E-state index in [0.717, 1.165) is 40.3 Å². The minimum Gasteiger partial charge on any atom is -0.351 e. The van der Waals surface area contributed by atoms with Gasteiger partial charge in [0.25, 0.3) is 0 Å². The van der Waals surface area contributed by atoms with Gasteiger partial charge in [-0.25, -0.2) is 4.98 Å². The molecule has 2 unspecified atom stereocenters. The first-order valence-corrected chi connectivity index (χ1v) is 7.63. The van der Waals surface area contributed by atoms with Crippen molar-refractivity contribution in [2.45, 2.75) is 18.9 Å². The summed E-state index contributed by atoms with van der Waals surface area (Å²) in [5, 5.41) is 3.50. The summed E-state index contributed by atoms with van der Waals surface area (Å²) in [6.45, 7) is 3.38. The fourth-order valence-corrected chi connectivity index (χ4v) is 4.16. The van der Waals surface area contributed by atoms with E-state index in [0.29, 0.717) is 6.04 Å². The Morgan fingerprint density at radius 3 is 3.06 bits per heavy atom. The van der Waals surface area contributed by atoms with Gasteiger partial charge in [-0.1, -0.05) is 0 Å². The first-order chi connectivity index (χ1) is 8.25. The van der Waals surface area contributed by atoms with Crippen molar-refractivity contribution in [1.82, 2.24) is 10.3 Å². The standard InChI is InChI=1S/C12H15Br2N3/c13-9-4-10(14)12(16-6-9)17-3-1-2-8-5-15-7-11(8)17/h4,6,8,11,15H,1-3,5,7H2. The Morgan fingerprint density at radius 2 is 2.24 bits per heavy atom. The van der Waals surface area contributed by atoms with Crippen molar-refractivity contribution < 1.29 is 0 Å². The van der Waals surface area contributed by atoms with Crippen molar-refractivity contribution in [2.24, 2.45) is 5.92 Å². The number of aromatic nitrogens is 1. The molecule has 1 aromatic heterocycles.